The second kappa shape index (κ2) is 10.8. The van der Waals surface area contributed by atoms with Crippen molar-refractivity contribution >= 4 is 39.1 Å². The van der Waals surface area contributed by atoms with Gasteiger partial charge >= 0.3 is 0 Å². The highest BCUT2D eigenvalue weighted by molar-refractivity contribution is 9.10. The van der Waals surface area contributed by atoms with Crippen molar-refractivity contribution in [3.8, 4) is 11.1 Å². The van der Waals surface area contributed by atoms with E-state index < -0.39 is 0 Å². The Bertz CT molecular complexity index is 836. The molecule has 0 spiro atoms. The molecule has 0 aliphatic rings. The van der Waals surface area contributed by atoms with Gasteiger partial charge in [-0.3, -0.25) is 0 Å². The maximum Gasteiger partial charge on any atom is 0.0490 e. The lowest BCUT2D eigenvalue weighted by atomic mass is 9.98. The van der Waals surface area contributed by atoms with Crippen molar-refractivity contribution in [2.24, 2.45) is 5.73 Å². The van der Waals surface area contributed by atoms with Gasteiger partial charge in [0.2, 0.25) is 0 Å². The summed E-state index contributed by atoms with van der Waals surface area (Å²) in [5.41, 5.74) is 11.2. The van der Waals surface area contributed by atoms with Crippen LogP contribution in [-0.4, -0.2) is 5.38 Å². The summed E-state index contributed by atoms with van der Waals surface area (Å²) in [5.74, 6) is 0. The summed E-state index contributed by atoms with van der Waals surface area (Å²) < 4.78 is 1.12. The van der Waals surface area contributed by atoms with Gasteiger partial charge in [-0.2, -0.15) is 0 Å². The molecule has 142 valence electrons. The van der Waals surface area contributed by atoms with Crippen molar-refractivity contribution in [1.82, 2.24) is 0 Å². The minimum absolute atomic E-state index is 0.0000951. The minimum atomic E-state index is 0.0000951. The molecule has 0 aliphatic heterocycles. The molecule has 2 rings (SSSR count). The van der Waals surface area contributed by atoms with E-state index in [1.165, 1.54) is 11.1 Å². The molecule has 2 N–H and O–H groups in total. The largest absolute Gasteiger partial charge is 0.399 e. The van der Waals surface area contributed by atoms with Crippen molar-refractivity contribution in [3.05, 3.63) is 93.6 Å². The van der Waals surface area contributed by atoms with E-state index in [0.29, 0.717) is 5.70 Å². The molecule has 2 aromatic rings. The lowest BCUT2D eigenvalue weighted by Gasteiger charge is -2.10. The van der Waals surface area contributed by atoms with Crippen molar-refractivity contribution < 1.29 is 0 Å². The predicted molar refractivity (Wildman–Crippen MR) is 123 cm³/mol. The number of aryl methyl sites for hydroxylation is 1. The zero-order valence-electron chi connectivity index (χ0n) is 15.4. The summed E-state index contributed by atoms with van der Waals surface area (Å²) in [6.07, 6.45) is 8.67. The molecule has 0 aliphatic carbocycles. The topological polar surface area (TPSA) is 26.0 Å². The van der Waals surface area contributed by atoms with Crippen LogP contribution in [0, 0.1) is 0 Å². The van der Waals surface area contributed by atoms with Gasteiger partial charge in [-0.25, -0.2) is 0 Å². The first kappa shape index (κ1) is 21.8. The highest BCUT2D eigenvalue weighted by Crippen LogP contribution is 2.28. The standard InChI is InChI=1S/C23H24BrCl2N/c1-16(25)5-3-6-18(17(2)27)7-4-8-21-15-20(11-14-23(21)24)19-9-12-22(26)13-10-19/h3,5-6,9-16H,2,4,7-8,27H2,1H3/b5-3-,18-6+. The van der Waals surface area contributed by atoms with Gasteiger partial charge in [0.05, 0.1) is 0 Å². The Labute approximate surface area is 180 Å². The van der Waals surface area contributed by atoms with Crippen LogP contribution in [0.25, 0.3) is 11.1 Å². The fourth-order valence-corrected chi connectivity index (χ4v) is 3.39. The number of benzene rings is 2. The number of alkyl halides is 1. The smallest absolute Gasteiger partial charge is 0.0490 e. The fourth-order valence-electron chi connectivity index (χ4n) is 2.73. The van der Waals surface area contributed by atoms with Crippen LogP contribution >= 0.6 is 39.1 Å². The van der Waals surface area contributed by atoms with Crippen LogP contribution in [0.3, 0.4) is 0 Å². The number of allylic oxidation sites excluding steroid dienone is 4. The highest BCUT2D eigenvalue weighted by atomic mass is 79.9. The van der Waals surface area contributed by atoms with E-state index in [0.717, 1.165) is 39.9 Å². The Morgan fingerprint density at radius 3 is 2.48 bits per heavy atom. The number of hydrogen-bond donors (Lipinski definition) is 1. The highest BCUT2D eigenvalue weighted by Gasteiger charge is 2.06. The zero-order valence-corrected chi connectivity index (χ0v) is 18.5. The van der Waals surface area contributed by atoms with Crippen molar-refractivity contribution in [2.45, 2.75) is 31.6 Å². The molecule has 0 fully saturated rings. The van der Waals surface area contributed by atoms with Gasteiger partial charge in [-0.15, -0.1) is 11.6 Å². The first-order valence-electron chi connectivity index (χ1n) is 8.87. The molecule has 0 heterocycles. The van der Waals surface area contributed by atoms with E-state index in [-0.39, 0.29) is 5.38 Å². The summed E-state index contributed by atoms with van der Waals surface area (Å²) in [6, 6.07) is 14.3. The summed E-state index contributed by atoms with van der Waals surface area (Å²) >= 11 is 15.6. The van der Waals surface area contributed by atoms with Gasteiger partial charge in [0.15, 0.2) is 0 Å². The maximum absolute atomic E-state index is 5.99. The van der Waals surface area contributed by atoms with E-state index in [1.54, 1.807) is 0 Å². The molecule has 27 heavy (non-hydrogen) atoms. The molecular weight excluding hydrogens is 441 g/mol. The van der Waals surface area contributed by atoms with Gasteiger partial charge in [0.1, 0.15) is 0 Å². The molecule has 0 aromatic heterocycles. The third-order valence-electron chi connectivity index (χ3n) is 4.20. The third kappa shape index (κ3) is 7.21. The summed E-state index contributed by atoms with van der Waals surface area (Å²) in [4.78, 5) is 0. The average Bonchev–Trinajstić information content (AvgIpc) is 2.62. The van der Waals surface area contributed by atoms with Crippen LogP contribution in [0.2, 0.25) is 5.02 Å². The molecule has 1 unspecified atom stereocenters. The first-order valence-corrected chi connectivity index (χ1v) is 10.5. The molecule has 2 aromatic carbocycles. The molecule has 0 radical (unpaired) electrons. The van der Waals surface area contributed by atoms with E-state index in [1.807, 2.05) is 49.4 Å². The van der Waals surface area contributed by atoms with E-state index >= 15 is 0 Å². The van der Waals surface area contributed by atoms with E-state index in [4.69, 9.17) is 28.9 Å². The Balaban J connectivity index is 2.07. The lowest BCUT2D eigenvalue weighted by Crippen LogP contribution is -2.00. The predicted octanol–water partition coefficient (Wildman–Crippen LogP) is 7.67. The summed E-state index contributed by atoms with van der Waals surface area (Å²) in [7, 11) is 0. The minimum Gasteiger partial charge on any atom is -0.399 e. The first-order chi connectivity index (χ1) is 12.9. The third-order valence-corrected chi connectivity index (χ3v) is 5.37. The second-order valence-electron chi connectivity index (χ2n) is 6.45. The molecule has 0 amide bonds. The molecule has 0 bridgehead atoms. The Kier molecular flexibility index (Phi) is 8.69. The number of nitrogens with two attached hydrogens (primary N) is 1. The zero-order chi connectivity index (χ0) is 19.8. The average molecular weight is 465 g/mol. The van der Waals surface area contributed by atoms with Crippen LogP contribution < -0.4 is 5.73 Å². The Morgan fingerprint density at radius 2 is 1.85 bits per heavy atom. The van der Waals surface area contributed by atoms with Crippen LogP contribution in [-0.2, 0) is 6.42 Å². The van der Waals surface area contributed by atoms with Crippen molar-refractivity contribution in [2.75, 3.05) is 0 Å². The van der Waals surface area contributed by atoms with E-state index in [9.17, 15) is 0 Å². The van der Waals surface area contributed by atoms with Crippen molar-refractivity contribution in [3.63, 3.8) is 0 Å². The molecule has 1 atom stereocenters. The van der Waals surface area contributed by atoms with E-state index in [2.05, 4.69) is 40.7 Å². The summed E-state index contributed by atoms with van der Waals surface area (Å²) in [5, 5.41) is 0.745. The number of halogens is 3. The van der Waals surface area contributed by atoms with Crippen LogP contribution in [0.4, 0.5) is 0 Å². The fraction of sp³-hybridized carbons (Fsp3) is 0.217. The van der Waals surface area contributed by atoms with Gasteiger partial charge in [0.25, 0.3) is 0 Å². The monoisotopic (exact) mass is 463 g/mol. The molecular formula is C23H24BrCl2N. The quantitative estimate of drug-likeness (QED) is 0.314. The number of hydrogen-bond acceptors (Lipinski definition) is 1. The lowest BCUT2D eigenvalue weighted by molar-refractivity contribution is 0.812. The summed E-state index contributed by atoms with van der Waals surface area (Å²) in [6.45, 7) is 5.80. The molecule has 0 saturated carbocycles. The van der Waals surface area contributed by atoms with Gasteiger partial charge in [0, 0.05) is 20.6 Å². The SMILES string of the molecule is C=C(N)/C(=C/C=C\C(C)Cl)CCCc1cc(-c2ccc(Cl)cc2)ccc1Br. The molecule has 4 heteroatoms. The van der Waals surface area contributed by atoms with Crippen molar-refractivity contribution in [1.29, 1.82) is 0 Å². The Hall–Kier alpha value is -1.48. The van der Waals surface area contributed by atoms with Crippen LogP contribution in [0.15, 0.2) is 83.0 Å². The second-order valence-corrected chi connectivity index (χ2v) is 8.43. The maximum atomic E-state index is 5.99. The molecule has 1 nitrogen and oxygen atoms in total. The van der Waals surface area contributed by atoms with Crippen LogP contribution in [0.1, 0.15) is 25.3 Å². The van der Waals surface area contributed by atoms with Gasteiger partial charge < -0.3 is 5.73 Å². The normalized spacial score (nSPS) is 13.1. The van der Waals surface area contributed by atoms with Gasteiger partial charge in [-0.1, -0.05) is 76.6 Å². The number of rotatable bonds is 8. The van der Waals surface area contributed by atoms with Gasteiger partial charge in [-0.05, 0) is 66.6 Å². The Morgan fingerprint density at radius 1 is 1.19 bits per heavy atom. The van der Waals surface area contributed by atoms with Crippen LogP contribution in [0.5, 0.6) is 0 Å². The molecule has 0 saturated heterocycles.